The minimum absolute atomic E-state index is 0. The molecule has 148 valence electrons. The molecule has 1 aliphatic rings. The number of likely N-dealkylation sites (N-methyl/N-ethyl adjacent to an activating group) is 1. The van der Waals surface area contributed by atoms with Crippen molar-refractivity contribution >= 4 is 29.9 Å². The summed E-state index contributed by atoms with van der Waals surface area (Å²) in [7, 11) is 6.14. The lowest BCUT2D eigenvalue weighted by Crippen LogP contribution is -2.44. The zero-order valence-electron chi connectivity index (χ0n) is 16.7. The third kappa shape index (κ3) is 5.44. The van der Waals surface area contributed by atoms with Crippen LogP contribution >= 0.6 is 24.0 Å². The van der Waals surface area contributed by atoms with Crippen LogP contribution in [-0.2, 0) is 20.0 Å². The normalized spacial score (nSPS) is 15.3. The molecule has 2 heterocycles. The van der Waals surface area contributed by atoms with Crippen molar-refractivity contribution < 1.29 is 0 Å². The average Bonchev–Trinajstić information content (AvgIpc) is 3.06. The van der Waals surface area contributed by atoms with Crippen molar-refractivity contribution in [3.05, 3.63) is 53.3 Å². The maximum Gasteiger partial charge on any atom is 0.194 e. The van der Waals surface area contributed by atoms with Gasteiger partial charge in [-0.2, -0.15) is 5.10 Å². The molecule has 1 aromatic heterocycles. The zero-order chi connectivity index (χ0) is 18.5. The maximum atomic E-state index is 4.97. The Balaban J connectivity index is 0.00000261. The molecular formula is C20H31IN6. The highest BCUT2D eigenvalue weighted by Gasteiger charge is 2.20. The van der Waals surface area contributed by atoms with Gasteiger partial charge in [-0.25, -0.2) is 0 Å². The van der Waals surface area contributed by atoms with Crippen LogP contribution in [0.3, 0.4) is 0 Å². The van der Waals surface area contributed by atoms with Crippen molar-refractivity contribution in [3.63, 3.8) is 0 Å². The predicted octanol–water partition coefficient (Wildman–Crippen LogP) is 2.66. The first kappa shape index (κ1) is 21.7. The summed E-state index contributed by atoms with van der Waals surface area (Å²) < 4.78 is 1.85. The average molecular weight is 482 g/mol. The Morgan fingerprint density at radius 3 is 2.67 bits per heavy atom. The molecule has 0 radical (unpaired) electrons. The number of hydrogen-bond acceptors (Lipinski definition) is 3. The molecule has 1 aromatic carbocycles. The Kier molecular flexibility index (Phi) is 8.09. The van der Waals surface area contributed by atoms with Crippen LogP contribution in [0.1, 0.15) is 29.7 Å². The molecule has 0 amide bonds. The van der Waals surface area contributed by atoms with E-state index in [0.717, 1.165) is 32.0 Å². The SMILES string of the molecule is CCNC(=NCC(c1cnn(C)c1)N(C)C)N1CCc2ccccc2C1.I. The standard InChI is InChI=1S/C20H30N6.HI/c1-5-21-20(26-11-10-16-8-6-7-9-17(16)15-26)22-13-19(24(2)3)18-12-23-25(4)14-18;/h6-9,12,14,19H,5,10-11,13,15H2,1-4H3,(H,21,22);1H. The Bertz CT molecular complexity index is 754. The van der Waals surface area contributed by atoms with E-state index in [1.807, 2.05) is 17.9 Å². The minimum atomic E-state index is 0. The van der Waals surface area contributed by atoms with Crippen LogP contribution in [0.4, 0.5) is 0 Å². The van der Waals surface area contributed by atoms with Gasteiger partial charge < -0.3 is 15.1 Å². The summed E-state index contributed by atoms with van der Waals surface area (Å²) in [6, 6.07) is 8.93. The molecule has 27 heavy (non-hydrogen) atoms. The number of guanidine groups is 1. The number of aryl methyl sites for hydroxylation is 1. The second kappa shape index (κ2) is 10.1. The van der Waals surface area contributed by atoms with E-state index in [0.29, 0.717) is 6.54 Å². The zero-order valence-corrected chi connectivity index (χ0v) is 19.1. The molecule has 2 aromatic rings. The third-order valence-electron chi connectivity index (χ3n) is 4.91. The Morgan fingerprint density at radius 1 is 1.30 bits per heavy atom. The Morgan fingerprint density at radius 2 is 2.04 bits per heavy atom. The largest absolute Gasteiger partial charge is 0.357 e. The van der Waals surface area contributed by atoms with Gasteiger partial charge >= 0.3 is 0 Å². The van der Waals surface area contributed by atoms with Crippen LogP contribution in [0.5, 0.6) is 0 Å². The number of benzene rings is 1. The van der Waals surface area contributed by atoms with E-state index in [2.05, 4.69) is 71.7 Å². The van der Waals surface area contributed by atoms with Crippen LogP contribution in [0, 0.1) is 0 Å². The molecule has 1 N–H and O–H groups in total. The second-order valence-electron chi connectivity index (χ2n) is 7.06. The van der Waals surface area contributed by atoms with Crippen molar-refractivity contribution in [3.8, 4) is 0 Å². The lowest BCUT2D eigenvalue weighted by atomic mass is 10.0. The van der Waals surface area contributed by atoms with E-state index in [1.165, 1.54) is 16.7 Å². The highest BCUT2D eigenvalue weighted by atomic mass is 127. The second-order valence-corrected chi connectivity index (χ2v) is 7.06. The molecule has 0 saturated heterocycles. The molecule has 7 heteroatoms. The van der Waals surface area contributed by atoms with E-state index in [4.69, 9.17) is 4.99 Å². The van der Waals surface area contributed by atoms with Gasteiger partial charge in [0, 0.05) is 38.4 Å². The van der Waals surface area contributed by atoms with Gasteiger partial charge in [-0.3, -0.25) is 9.67 Å². The molecule has 6 nitrogen and oxygen atoms in total. The first-order valence-electron chi connectivity index (χ1n) is 9.33. The van der Waals surface area contributed by atoms with E-state index < -0.39 is 0 Å². The molecule has 3 rings (SSSR count). The molecule has 0 bridgehead atoms. The first-order chi connectivity index (χ1) is 12.6. The van der Waals surface area contributed by atoms with E-state index in [1.54, 1.807) is 0 Å². The number of aromatic nitrogens is 2. The van der Waals surface area contributed by atoms with Crippen LogP contribution in [-0.4, -0.2) is 59.3 Å². The number of hydrogen-bond donors (Lipinski definition) is 1. The maximum absolute atomic E-state index is 4.97. The van der Waals surface area contributed by atoms with E-state index >= 15 is 0 Å². The van der Waals surface area contributed by atoms with Gasteiger partial charge in [0.25, 0.3) is 0 Å². The summed E-state index contributed by atoms with van der Waals surface area (Å²) in [6.45, 7) is 5.62. The van der Waals surface area contributed by atoms with Crippen LogP contribution < -0.4 is 5.32 Å². The number of fused-ring (bicyclic) bond motifs is 1. The monoisotopic (exact) mass is 482 g/mol. The summed E-state index contributed by atoms with van der Waals surface area (Å²) >= 11 is 0. The van der Waals surface area contributed by atoms with Crippen molar-refractivity contribution in [1.29, 1.82) is 0 Å². The smallest absolute Gasteiger partial charge is 0.194 e. The summed E-state index contributed by atoms with van der Waals surface area (Å²) in [6.07, 6.45) is 5.08. The number of halogens is 1. The molecule has 0 saturated carbocycles. The van der Waals surface area contributed by atoms with Crippen molar-refractivity contribution in [2.75, 3.05) is 33.7 Å². The summed E-state index contributed by atoms with van der Waals surface area (Å²) in [5.74, 6) is 0.998. The van der Waals surface area contributed by atoms with Gasteiger partial charge in [-0.1, -0.05) is 24.3 Å². The Hall–Kier alpha value is -1.61. The number of nitrogens with zero attached hydrogens (tertiary/aromatic N) is 5. The molecule has 1 unspecified atom stereocenters. The summed E-state index contributed by atoms with van der Waals surface area (Å²) in [5, 5.41) is 7.78. The van der Waals surface area contributed by atoms with Crippen LogP contribution in [0.15, 0.2) is 41.7 Å². The molecule has 1 atom stereocenters. The molecule has 0 spiro atoms. The van der Waals surface area contributed by atoms with Gasteiger partial charge in [0.2, 0.25) is 0 Å². The van der Waals surface area contributed by atoms with E-state index in [-0.39, 0.29) is 30.0 Å². The van der Waals surface area contributed by atoms with Crippen molar-refractivity contribution in [1.82, 2.24) is 24.9 Å². The molecule has 1 aliphatic heterocycles. The predicted molar refractivity (Wildman–Crippen MR) is 122 cm³/mol. The quantitative estimate of drug-likeness (QED) is 0.405. The number of aliphatic imine (C=N–C) groups is 1. The summed E-state index contributed by atoms with van der Waals surface area (Å²) in [5.41, 5.74) is 4.06. The van der Waals surface area contributed by atoms with Crippen molar-refractivity contribution in [2.24, 2.45) is 12.0 Å². The van der Waals surface area contributed by atoms with Crippen LogP contribution in [0.2, 0.25) is 0 Å². The molecule has 0 aliphatic carbocycles. The topological polar surface area (TPSA) is 48.7 Å². The van der Waals surface area contributed by atoms with Gasteiger partial charge in [0.15, 0.2) is 5.96 Å². The van der Waals surface area contributed by atoms with Gasteiger partial charge in [0.1, 0.15) is 0 Å². The molecular weight excluding hydrogens is 451 g/mol. The highest BCUT2D eigenvalue weighted by molar-refractivity contribution is 14.0. The van der Waals surface area contributed by atoms with E-state index in [9.17, 15) is 0 Å². The van der Waals surface area contributed by atoms with Gasteiger partial charge in [-0.05, 0) is 38.6 Å². The van der Waals surface area contributed by atoms with Gasteiger partial charge in [0.05, 0.1) is 18.8 Å². The number of nitrogens with one attached hydrogen (secondary N) is 1. The van der Waals surface area contributed by atoms with Gasteiger partial charge in [-0.15, -0.1) is 24.0 Å². The fraction of sp³-hybridized carbons (Fsp3) is 0.500. The number of rotatable bonds is 5. The molecule has 0 fully saturated rings. The fourth-order valence-electron chi connectivity index (χ4n) is 3.45. The fourth-order valence-corrected chi connectivity index (χ4v) is 3.45. The summed E-state index contributed by atoms with van der Waals surface area (Å²) in [4.78, 5) is 9.54. The third-order valence-corrected chi connectivity index (χ3v) is 4.91. The first-order valence-corrected chi connectivity index (χ1v) is 9.33. The lowest BCUT2D eigenvalue weighted by molar-refractivity contribution is 0.303. The van der Waals surface area contributed by atoms with Crippen LogP contribution in [0.25, 0.3) is 0 Å². The van der Waals surface area contributed by atoms with Crippen molar-refractivity contribution in [2.45, 2.75) is 25.9 Å². The minimum Gasteiger partial charge on any atom is -0.357 e. The lowest BCUT2D eigenvalue weighted by Gasteiger charge is -2.32. The highest BCUT2D eigenvalue weighted by Crippen LogP contribution is 2.20. The Labute approximate surface area is 179 Å².